The average molecular weight is 251 g/mol. The zero-order chi connectivity index (χ0) is 14.1. The molecule has 0 N–H and O–H groups in total. The summed E-state index contributed by atoms with van der Waals surface area (Å²) < 4.78 is 13.7. The molecule has 0 aliphatic carbocycles. The lowest BCUT2D eigenvalue weighted by atomic mass is 9.94. The fourth-order valence-electron chi connectivity index (χ4n) is 2.37. The third kappa shape index (κ3) is 3.09. The monoisotopic (exact) mass is 251 g/mol. The van der Waals surface area contributed by atoms with Gasteiger partial charge in [0.2, 0.25) is 0 Å². The van der Waals surface area contributed by atoms with E-state index in [1.807, 2.05) is 41.5 Å². The first-order valence-electron chi connectivity index (χ1n) is 6.14. The van der Waals surface area contributed by atoms with E-state index >= 15 is 0 Å². The van der Waals surface area contributed by atoms with Gasteiger partial charge in [-0.25, -0.2) is 4.39 Å². The van der Waals surface area contributed by atoms with E-state index < -0.39 is 5.82 Å². The Hall–Kier alpha value is -1.38. The molecule has 1 aromatic carbocycles. The molecule has 1 aromatic rings. The Kier molecular flexibility index (Phi) is 3.84. The van der Waals surface area contributed by atoms with Gasteiger partial charge in [-0.1, -0.05) is 12.1 Å². The van der Waals surface area contributed by atoms with Gasteiger partial charge >= 0.3 is 0 Å². The molecule has 0 saturated heterocycles. The van der Waals surface area contributed by atoms with Crippen molar-refractivity contribution in [1.82, 2.24) is 4.90 Å². The van der Waals surface area contributed by atoms with Crippen molar-refractivity contribution in [2.24, 2.45) is 0 Å². The quantitative estimate of drug-likeness (QED) is 0.742. The van der Waals surface area contributed by atoms with Crippen LogP contribution in [0.1, 0.15) is 51.9 Å². The molecule has 0 bridgehead atoms. The number of nitrogens with zero attached hydrogens (tertiary/aromatic N) is 1. The molecule has 0 saturated carbocycles. The van der Waals surface area contributed by atoms with Gasteiger partial charge in [-0.3, -0.25) is 4.79 Å². The van der Waals surface area contributed by atoms with Crippen molar-refractivity contribution in [2.45, 2.75) is 52.6 Å². The summed E-state index contributed by atoms with van der Waals surface area (Å²) in [4.78, 5) is 14.3. The van der Waals surface area contributed by atoms with Crippen molar-refractivity contribution in [3.63, 3.8) is 0 Å². The highest BCUT2D eigenvalue weighted by Crippen LogP contribution is 2.27. The zero-order valence-electron chi connectivity index (χ0n) is 12.0. The maximum absolute atomic E-state index is 13.7. The summed E-state index contributed by atoms with van der Waals surface area (Å²) in [7, 11) is 0. The molecule has 0 aliphatic rings. The highest BCUT2D eigenvalue weighted by molar-refractivity contribution is 5.95. The van der Waals surface area contributed by atoms with E-state index in [1.165, 1.54) is 12.1 Å². The number of hydrogen-bond acceptors (Lipinski definition) is 1. The Morgan fingerprint density at radius 3 is 1.83 bits per heavy atom. The zero-order valence-corrected chi connectivity index (χ0v) is 12.0. The second-order valence-corrected chi connectivity index (χ2v) is 6.46. The molecule has 0 aromatic heterocycles. The van der Waals surface area contributed by atoms with Gasteiger partial charge < -0.3 is 4.90 Å². The molecule has 18 heavy (non-hydrogen) atoms. The molecule has 0 unspecified atom stereocenters. The third-order valence-corrected chi connectivity index (χ3v) is 2.65. The first-order valence-corrected chi connectivity index (χ1v) is 6.14. The molecule has 2 nitrogen and oxygen atoms in total. The molecule has 0 atom stereocenters. The fraction of sp³-hybridized carbons (Fsp3) is 0.533. The predicted octanol–water partition coefficient (Wildman–Crippen LogP) is 3.86. The lowest BCUT2D eigenvalue weighted by molar-refractivity contribution is 0.0266. The van der Waals surface area contributed by atoms with Crippen LogP contribution >= 0.6 is 0 Å². The van der Waals surface area contributed by atoms with Crippen LogP contribution in [0, 0.1) is 5.82 Å². The van der Waals surface area contributed by atoms with E-state index in [0.717, 1.165) is 0 Å². The van der Waals surface area contributed by atoms with Crippen molar-refractivity contribution in [3.8, 4) is 0 Å². The Labute approximate surface area is 109 Å². The number of benzene rings is 1. The van der Waals surface area contributed by atoms with Crippen molar-refractivity contribution in [3.05, 3.63) is 35.6 Å². The molecular weight excluding hydrogens is 229 g/mol. The van der Waals surface area contributed by atoms with Gasteiger partial charge in [0.1, 0.15) is 5.82 Å². The minimum Gasteiger partial charge on any atom is -0.329 e. The summed E-state index contributed by atoms with van der Waals surface area (Å²) >= 11 is 0. The number of amides is 1. The predicted molar refractivity (Wildman–Crippen MR) is 72.1 cm³/mol. The first kappa shape index (κ1) is 14.7. The SMILES string of the molecule is CC(C)(C)N(C(=O)c1ccccc1F)C(C)(C)C. The van der Waals surface area contributed by atoms with Crippen LogP contribution in [0.25, 0.3) is 0 Å². The number of hydrogen-bond donors (Lipinski definition) is 0. The Balaban J connectivity index is 3.25. The summed E-state index contributed by atoms with van der Waals surface area (Å²) in [6.07, 6.45) is 0. The molecular formula is C15H22FNO. The maximum Gasteiger partial charge on any atom is 0.257 e. The van der Waals surface area contributed by atoms with Gasteiger partial charge in [0, 0.05) is 11.1 Å². The molecule has 1 amide bonds. The molecule has 0 radical (unpaired) electrons. The van der Waals surface area contributed by atoms with Gasteiger partial charge in [-0.15, -0.1) is 0 Å². The van der Waals surface area contributed by atoms with Crippen LogP contribution < -0.4 is 0 Å². The minimum atomic E-state index is -0.471. The summed E-state index contributed by atoms with van der Waals surface area (Å²) in [6, 6.07) is 6.11. The Morgan fingerprint density at radius 1 is 1.00 bits per heavy atom. The molecule has 0 aliphatic heterocycles. The number of halogens is 1. The van der Waals surface area contributed by atoms with E-state index in [0.29, 0.717) is 0 Å². The lowest BCUT2D eigenvalue weighted by Crippen LogP contribution is -2.55. The van der Waals surface area contributed by atoms with Gasteiger partial charge in [-0.2, -0.15) is 0 Å². The van der Waals surface area contributed by atoms with Crippen LogP contribution in [0.4, 0.5) is 4.39 Å². The summed E-state index contributed by atoms with van der Waals surface area (Å²) in [5, 5.41) is 0. The highest BCUT2D eigenvalue weighted by Gasteiger charge is 2.36. The molecule has 0 fully saturated rings. The first-order chi connectivity index (χ1) is 8.05. The number of carbonyl (C=O) groups is 1. The highest BCUT2D eigenvalue weighted by atomic mass is 19.1. The van der Waals surface area contributed by atoms with Crippen molar-refractivity contribution >= 4 is 5.91 Å². The molecule has 0 spiro atoms. The maximum atomic E-state index is 13.7. The van der Waals surface area contributed by atoms with Crippen LogP contribution in [0.3, 0.4) is 0 Å². The number of rotatable bonds is 1. The smallest absolute Gasteiger partial charge is 0.257 e. The Morgan fingerprint density at radius 2 is 1.44 bits per heavy atom. The van der Waals surface area contributed by atoms with Gasteiger partial charge in [0.15, 0.2) is 0 Å². The lowest BCUT2D eigenvalue weighted by Gasteiger charge is -2.45. The number of carbonyl (C=O) groups excluding carboxylic acids is 1. The van der Waals surface area contributed by atoms with Crippen LogP contribution in [0.5, 0.6) is 0 Å². The average Bonchev–Trinajstić information content (AvgIpc) is 2.13. The molecule has 3 heteroatoms. The van der Waals surface area contributed by atoms with Crippen LogP contribution in [-0.2, 0) is 0 Å². The summed E-state index contributed by atoms with van der Waals surface area (Å²) in [5.41, 5.74) is -0.600. The van der Waals surface area contributed by atoms with Gasteiger partial charge in [0.05, 0.1) is 5.56 Å². The normalized spacial score (nSPS) is 12.4. The van der Waals surface area contributed by atoms with E-state index in [9.17, 15) is 9.18 Å². The Bertz CT molecular complexity index is 427. The van der Waals surface area contributed by atoms with E-state index in [2.05, 4.69) is 0 Å². The second-order valence-electron chi connectivity index (χ2n) is 6.46. The summed E-state index contributed by atoms with van der Waals surface area (Å²) in [6.45, 7) is 11.7. The van der Waals surface area contributed by atoms with Crippen molar-refractivity contribution < 1.29 is 9.18 Å². The second kappa shape index (κ2) is 4.71. The third-order valence-electron chi connectivity index (χ3n) is 2.65. The van der Waals surface area contributed by atoms with Gasteiger partial charge in [-0.05, 0) is 53.7 Å². The van der Waals surface area contributed by atoms with Crippen molar-refractivity contribution in [2.75, 3.05) is 0 Å². The van der Waals surface area contributed by atoms with Crippen LogP contribution in [0.15, 0.2) is 24.3 Å². The topological polar surface area (TPSA) is 20.3 Å². The fourth-order valence-corrected chi connectivity index (χ4v) is 2.37. The molecule has 100 valence electrons. The van der Waals surface area contributed by atoms with E-state index in [-0.39, 0.29) is 22.5 Å². The largest absolute Gasteiger partial charge is 0.329 e. The molecule has 1 rings (SSSR count). The van der Waals surface area contributed by atoms with Crippen molar-refractivity contribution in [1.29, 1.82) is 0 Å². The van der Waals surface area contributed by atoms with E-state index in [4.69, 9.17) is 0 Å². The van der Waals surface area contributed by atoms with Crippen LogP contribution in [-0.4, -0.2) is 21.9 Å². The van der Waals surface area contributed by atoms with Crippen LogP contribution in [0.2, 0.25) is 0 Å². The van der Waals surface area contributed by atoms with E-state index in [1.54, 1.807) is 17.0 Å². The standard InChI is InChI=1S/C15H22FNO/c1-14(2,3)17(15(4,5)6)13(18)11-9-7-8-10-12(11)16/h7-10H,1-6H3. The van der Waals surface area contributed by atoms with Gasteiger partial charge in [0.25, 0.3) is 5.91 Å². The summed E-state index contributed by atoms with van der Waals surface area (Å²) in [5.74, 6) is -0.742. The minimum absolute atomic E-state index is 0.127. The molecule has 0 heterocycles.